The summed E-state index contributed by atoms with van der Waals surface area (Å²) in [5.41, 5.74) is -0.362. The third-order valence-electron chi connectivity index (χ3n) is 7.72. The van der Waals surface area contributed by atoms with Crippen molar-refractivity contribution in [1.82, 2.24) is 18.8 Å². The number of phenolic OH excluding ortho intramolecular Hbond substituents is 1. The van der Waals surface area contributed by atoms with Gasteiger partial charge in [0.05, 0.1) is 18.0 Å². The SMILES string of the molecule is Cn1c(=O)n2n(c1=O)[C@@H]1C[C@@]3(Cl)C(=O)N(CBr)C(=O)[C@@]3(Cl)[C@@H](c3ccc4ccccc4c3O)C1=CC2. The summed E-state index contributed by atoms with van der Waals surface area (Å²) in [6.45, 7) is 0.0537. The van der Waals surface area contributed by atoms with E-state index in [0.29, 0.717) is 16.5 Å². The average Bonchev–Trinajstić information content (AvgIpc) is 3.18. The number of fused-ring (bicyclic) bond motifs is 5. The molecule has 0 spiro atoms. The monoisotopic (exact) mass is 592 g/mol. The largest absolute Gasteiger partial charge is 0.507 e. The second-order valence-electron chi connectivity index (χ2n) is 9.30. The van der Waals surface area contributed by atoms with Crippen molar-refractivity contribution in [2.75, 3.05) is 5.45 Å². The zero-order valence-electron chi connectivity index (χ0n) is 18.8. The average molecular weight is 594 g/mol. The molecule has 2 fully saturated rings. The van der Waals surface area contributed by atoms with Crippen LogP contribution in [-0.4, -0.2) is 51.0 Å². The Morgan fingerprint density at radius 3 is 2.50 bits per heavy atom. The summed E-state index contributed by atoms with van der Waals surface area (Å²) in [4.78, 5) is 50.1. The van der Waals surface area contributed by atoms with Gasteiger partial charge < -0.3 is 5.11 Å². The van der Waals surface area contributed by atoms with Crippen LogP contribution in [0.25, 0.3) is 10.8 Å². The first-order valence-corrected chi connectivity index (χ1v) is 13.0. The number of carbonyl (C=O) groups is 2. The van der Waals surface area contributed by atoms with Crippen LogP contribution in [0.3, 0.4) is 0 Å². The van der Waals surface area contributed by atoms with Crippen LogP contribution in [0, 0.1) is 0 Å². The molecule has 36 heavy (non-hydrogen) atoms. The smallest absolute Gasteiger partial charge is 0.347 e. The Hall–Kier alpha value is -2.82. The zero-order chi connectivity index (χ0) is 25.7. The molecule has 1 N–H and O–H groups in total. The molecule has 2 amide bonds. The molecule has 1 saturated carbocycles. The maximum atomic E-state index is 13.7. The zero-order valence-corrected chi connectivity index (χ0v) is 21.9. The van der Waals surface area contributed by atoms with Gasteiger partial charge in [0.25, 0.3) is 11.8 Å². The minimum atomic E-state index is -1.98. The van der Waals surface area contributed by atoms with Gasteiger partial charge in [0.2, 0.25) is 0 Å². The molecule has 2 aromatic carbocycles. The van der Waals surface area contributed by atoms with E-state index < -0.39 is 44.9 Å². The Kier molecular flexibility index (Phi) is 4.97. The molecular formula is C24H19BrCl2N4O5. The topological polar surface area (TPSA) is 107 Å². The molecule has 1 aliphatic carbocycles. The summed E-state index contributed by atoms with van der Waals surface area (Å²) >= 11 is 17.4. The Balaban J connectivity index is 1.68. The highest BCUT2D eigenvalue weighted by atomic mass is 79.9. The predicted molar refractivity (Wildman–Crippen MR) is 137 cm³/mol. The first-order chi connectivity index (χ1) is 17.1. The molecule has 0 radical (unpaired) electrons. The standard InChI is InChI=1S/C24H19BrCl2N4O5/c1-28-21(35)30-9-8-14-16(31(30)22(28)36)10-23(26)19(33)29(11-25)20(34)24(23,27)17(14)15-7-6-12-4-2-3-5-13(12)18(15)32/h2-8,16-17,32H,9-11H2,1H3/t16-,17-,23-,24+/m1/s1. The van der Waals surface area contributed by atoms with E-state index in [-0.39, 0.29) is 24.2 Å². The number of rotatable bonds is 2. The lowest BCUT2D eigenvalue weighted by Crippen LogP contribution is -2.59. The van der Waals surface area contributed by atoms with Crippen molar-refractivity contribution in [2.45, 2.75) is 34.7 Å². The number of allylic oxidation sites excluding steroid dienone is 2. The minimum absolute atomic E-state index is 0.0537. The Morgan fingerprint density at radius 1 is 1.06 bits per heavy atom. The fourth-order valence-corrected chi connectivity index (χ4v) is 7.37. The molecule has 4 atom stereocenters. The summed E-state index contributed by atoms with van der Waals surface area (Å²) in [5, 5.41) is 12.7. The van der Waals surface area contributed by atoms with E-state index in [2.05, 4.69) is 15.9 Å². The number of alkyl halides is 3. The van der Waals surface area contributed by atoms with Crippen molar-refractivity contribution < 1.29 is 14.7 Å². The van der Waals surface area contributed by atoms with Crippen LogP contribution in [-0.2, 0) is 23.2 Å². The first kappa shape index (κ1) is 23.6. The maximum absolute atomic E-state index is 13.7. The van der Waals surface area contributed by atoms with Crippen LogP contribution in [0.4, 0.5) is 0 Å². The second-order valence-corrected chi connectivity index (χ2v) is 11.0. The van der Waals surface area contributed by atoms with Gasteiger partial charge in [-0.05, 0) is 11.0 Å². The molecule has 1 saturated heterocycles. The van der Waals surface area contributed by atoms with Gasteiger partial charge in [-0.15, -0.1) is 23.2 Å². The number of likely N-dealkylation sites (tertiary alicyclic amines) is 1. The Labute approximate surface area is 222 Å². The minimum Gasteiger partial charge on any atom is -0.507 e. The van der Waals surface area contributed by atoms with Crippen LogP contribution in [0.2, 0.25) is 0 Å². The maximum Gasteiger partial charge on any atom is 0.347 e. The Bertz CT molecular complexity index is 1660. The number of aromatic hydroxyl groups is 1. The van der Waals surface area contributed by atoms with Crippen LogP contribution < -0.4 is 11.4 Å². The van der Waals surface area contributed by atoms with Crippen LogP contribution in [0.15, 0.2) is 57.6 Å². The molecule has 6 rings (SSSR count). The Morgan fingerprint density at radius 2 is 1.78 bits per heavy atom. The second kappa shape index (κ2) is 7.60. The summed E-state index contributed by atoms with van der Waals surface area (Å²) in [5.74, 6) is -2.55. The summed E-state index contributed by atoms with van der Waals surface area (Å²) < 4.78 is 3.53. The van der Waals surface area contributed by atoms with E-state index in [0.717, 1.165) is 14.9 Å². The summed E-state index contributed by atoms with van der Waals surface area (Å²) in [6.07, 6.45) is 1.55. The molecule has 12 heteroatoms. The number of benzene rings is 2. The van der Waals surface area contributed by atoms with Crippen molar-refractivity contribution in [3.05, 3.63) is 74.6 Å². The number of phenols is 1. The molecule has 0 bridgehead atoms. The van der Waals surface area contributed by atoms with Gasteiger partial charge in [0.15, 0.2) is 9.75 Å². The predicted octanol–water partition coefficient (Wildman–Crippen LogP) is 2.55. The number of imide groups is 1. The van der Waals surface area contributed by atoms with Crippen molar-refractivity contribution in [2.24, 2.45) is 7.05 Å². The number of aromatic nitrogens is 3. The molecule has 9 nitrogen and oxygen atoms in total. The fraction of sp³-hybridized carbons (Fsp3) is 0.333. The number of hydrogen-bond acceptors (Lipinski definition) is 5. The molecule has 3 aliphatic rings. The van der Waals surface area contributed by atoms with Crippen molar-refractivity contribution in [3.8, 4) is 5.75 Å². The molecule has 2 aliphatic heterocycles. The molecular weight excluding hydrogens is 575 g/mol. The third-order valence-corrected chi connectivity index (χ3v) is 9.63. The number of halogens is 3. The molecule has 3 heterocycles. The lowest BCUT2D eigenvalue weighted by atomic mass is 9.64. The quantitative estimate of drug-likeness (QED) is 0.213. The third kappa shape index (κ3) is 2.62. The highest BCUT2D eigenvalue weighted by Gasteiger charge is 2.75. The summed E-state index contributed by atoms with van der Waals surface area (Å²) in [6, 6.07) is 9.80. The van der Waals surface area contributed by atoms with E-state index in [1.807, 2.05) is 12.1 Å². The molecule has 1 aromatic heterocycles. The van der Waals surface area contributed by atoms with Gasteiger partial charge in [-0.1, -0.05) is 58.4 Å². The van der Waals surface area contributed by atoms with Crippen LogP contribution >= 0.6 is 39.1 Å². The number of amides is 2. The van der Waals surface area contributed by atoms with E-state index in [9.17, 15) is 24.3 Å². The molecule has 3 aromatic rings. The van der Waals surface area contributed by atoms with E-state index in [4.69, 9.17) is 23.2 Å². The summed E-state index contributed by atoms with van der Waals surface area (Å²) in [7, 11) is 1.37. The van der Waals surface area contributed by atoms with Gasteiger partial charge >= 0.3 is 11.4 Å². The molecule has 186 valence electrons. The van der Waals surface area contributed by atoms with Crippen molar-refractivity contribution in [1.29, 1.82) is 0 Å². The van der Waals surface area contributed by atoms with Gasteiger partial charge in [-0.2, -0.15) is 0 Å². The van der Waals surface area contributed by atoms with Crippen LogP contribution in [0.1, 0.15) is 23.9 Å². The highest BCUT2D eigenvalue weighted by molar-refractivity contribution is 9.09. The lowest BCUT2D eigenvalue weighted by molar-refractivity contribution is -0.138. The lowest BCUT2D eigenvalue weighted by Gasteiger charge is -2.49. The highest BCUT2D eigenvalue weighted by Crippen LogP contribution is 2.64. The van der Waals surface area contributed by atoms with Gasteiger partial charge in [0.1, 0.15) is 5.75 Å². The normalized spacial score (nSPS) is 29.2. The number of hydrogen-bond donors (Lipinski definition) is 1. The van der Waals surface area contributed by atoms with Gasteiger partial charge in [-0.3, -0.25) is 14.5 Å². The number of carbonyl (C=O) groups excluding carboxylic acids is 2. The van der Waals surface area contributed by atoms with E-state index in [1.54, 1.807) is 30.3 Å². The van der Waals surface area contributed by atoms with E-state index >= 15 is 0 Å². The van der Waals surface area contributed by atoms with Gasteiger partial charge in [-0.25, -0.2) is 23.5 Å². The van der Waals surface area contributed by atoms with Crippen molar-refractivity contribution in [3.63, 3.8) is 0 Å². The first-order valence-electron chi connectivity index (χ1n) is 11.2. The number of nitrogens with zero attached hydrogens (tertiary/aromatic N) is 4. The van der Waals surface area contributed by atoms with Crippen molar-refractivity contribution >= 4 is 61.7 Å². The molecule has 0 unspecified atom stereocenters. The van der Waals surface area contributed by atoms with Crippen LogP contribution in [0.5, 0.6) is 5.75 Å². The van der Waals surface area contributed by atoms with E-state index in [1.165, 1.54) is 16.4 Å². The fourth-order valence-electron chi connectivity index (χ4n) is 5.97. The van der Waals surface area contributed by atoms with Gasteiger partial charge in [0, 0.05) is 30.3 Å².